The standard InChI is InChI=1S/C23H30FN3O3S/c1-3-27(4-2)31(29,30)19-12-13-21(24)20(16-19)23(28)25-17-22(26-14-8-9-15-26)18-10-6-5-7-11-18/h5-7,10-13,16,22H,3-4,8-9,14-15,17H2,1-2H3,(H,25,28). The molecule has 1 saturated heterocycles. The summed E-state index contributed by atoms with van der Waals surface area (Å²) in [5, 5.41) is 2.82. The Bertz CT molecular complexity index is 988. The van der Waals surface area contributed by atoms with Crippen LogP contribution >= 0.6 is 0 Å². The fourth-order valence-electron chi connectivity index (χ4n) is 4.02. The highest BCUT2D eigenvalue weighted by atomic mass is 32.2. The first-order chi connectivity index (χ1) is 14.9. The molecule has 2 aromatic rings. The molecule has 1 aliphatic heterocycles. The quantitative estimate of drug-likeness (QED) is 0.640. The second-order valence-corrected chi connectivity index (χ2v) is 9.55. The van der Waals surface area contributed by atoms with Gasteiger partial charge in [0.15, 0.2) is 0 Å². The Morgan fingerprint density at radius 1 is 1.10 bits per heavy atom. The Morgan fingerprint density at radius 2 is 1.74 bits per heavy atom. The zero-order valence-corrected chi connectivity index (χ0v) is 18.9. The van der Waals surface area contributed by atoms with Crippen molar-refractivity contribution in [3.63, 3.8) is 0 Å². The van der Waals surface area contributed by atoms with E-state index in [0.717, 1.165) is 43.6 Å². The third-order valence-corrected chi connectivity index (χ3v) is 7.79. The molecule has 6 nitrogen and oxygen atoms in total. The first-order valence-electron chi connectivity index (χ1n) is 10.7. The van der Waals surface area contributed by atoms with E-state index in [1.807, 2.05) is 30.3 Å². The van der Waals surface area contributed by atoms with E-state index in [9.17, 15) is 17.6 Å². The minimum Gasteiger partial charge on any atom is -0.350 e. The molecule has 0 aromatic heterocycles. The second kappa shape index (κ2) is 10.3. The number of nitrogens with one attached hydrogen (secondary N) is 1. The summed E-state index contributed by atoms with van der Waals surface area (Å²) in [5.41, 5.74) is 0.824. The molecule has 1 atom stereocenters. The highest BCUT2D eigenvalue weighted by Crippen LogP contribution is 2.25. The molecule has 0 bridgehead atoms. The average molecular weight is 448 g/mol. The van der Waals surface area contributed by atoms with E-state index in [0.29, 0.717) is 19.6 Å². The maximum atomic E-state index is 14.4. The van der Waals surface area contributed by atoms with Crippen LogP contribution < -0.4 is 5.32 Å². The highest BCUT2D eigenvalue weighted by Gasteiger charge is 2.26. The molecule has 1 heterocycles. The summed E-state index contributed by atoms with van der Waals surface area (Å²) in [6.07, 6.45) is 2.22. The molecule has 0 saturated carbocycles. The number of sulfonamides is 1. The molecule has 1 unspecified atom stereocenters. The first kappa shape index (κ1) is 23.4. The van der Waals surface area contributed by atoms with Crippen molar-refractivity contribution in [3.05, 3.63) is 65.5 Å². The van der Waals surface area contributed by atoms with Gasteiger partial charge in [0.1, 0.15) is 5.82 Å². The van der Waals surface area contributed by atoms with Crippen molar-refractivity contribution in [2.45, 2.75) is 37.6 Å². The van der Waals surface area contributed by atoms with Crippen LogP contribution in [0.1, 0.15) is 48.7 Å². The lowest BCUT2D eigenvalue weighted by atomic mass is 10.1. The summed E-state index contributed by atoms with van der Waals surface area (Å²) in [4.78, 5) is 15.1. The molecule has 31 heavy (non-hydrogen) atoms. The number of carbonyl (C=O) groups excluding carboxylic acids is 1. The van der Waals surface area contributed by atoms with Crippen LogP contribution in [0.4, 0.5) is 4.39 Å². The van der Waals surface area contributed by atoms with Gasteiger partial charge >= 0.3 is 0 Å². The Hall–Kier alpha value is -2.29. The van der Waals surface area contributed by atoms with Gasteiger partial charge in [0.2, 0.25) is 10.0 Å². The number of halogens is 1. The molecular formula is C23H30FN3O3S. The molecule has 1 amide bonds. The maximum absolute atomic E-state index is 14.4. The number of likely N-dealkylation sites (tertiary alicyclic amines) is 1. The van der Waals surface area contributed by atoms with Crippen molar-refractivity contribution in [2.24, 2.45) is 0 Å². The number of benzene rings is 2. The van der Waals surface area contributed by atoms with Gasteiger partial charge in [-0.05, 0) is 49.7 Å². The molecule has 0 spiro atoms. The maximum Gasteiger partial charge on any atom is 0.254 e. The van der Waals surface area contributed by atoms with Gasteiger partial charge in [-0.3, -0.25) is 9.69 Å². The molecule has 3 rings (SSSR count). The van der Waals surface area contributed by atoms with Crippen LogP contribution in [0.25, 0.3) is 0 Å². The number of carbonyl (C=O) groups is 1. The fourth-order valence-corrected chi connectivity index (χ4v) is 5.51. The second-order valence-electron chi connectivity index (χ2n) is 7.61. The predicted molar refractivity (Wildman–Crippen MR) is 119 cm³/mol. The summed E-state index contributed by atoms with van der Waals surface area (Å²) < 4.78 is 41.3. The smallest absolute Gasteiger partial charge is 0.254 e. The van der Waals surface area contributed by atoms with Gasteiger partial charge in [-0.2, -0.15) is 4.31 Å². The molecular weight excluding hydrogens is 417 g/mol. The average Bonchev–Trinajstić information content (AvgIpc) is 3.30. The van der Waals surface area contributed by atoms with E-state index in [4.69, 9.17) is 0 Å². The predicted octanol–water partition coefficient (Wildman–Crippen LogP) is 3.42. The van der Waals surface area contributed by atoms with Crippen LogP contribution in [-0.4, -0.2) is 56.3 Å². The van der Waals surface area contributed by atoms with Crippen molar-refractivity contribution < 1.29 is 17.6 Å². The summed E-state index contributed by atoms with van der Waals surface area (Å²) in [6.45, 7) is 6.28. The van der Waals surface area contributed by atoms with Crippen molar-refractivity contribution in [1.82, 2.24) is 14.5 Å². The van der Waals surface area contributed by atoms with Gasteiger partial charge in [0.25, 0.3) is 5.91 Å². The zero-order valence-electron chi connectivity index (χ0n) is 18.1. The molecule has 1 N–H and O–H groups in total. The minimum absolute atomic E-state index is 0.0155. The van der Waals surface area contributed by atoms with Crippen LogP contribution in [0.3, 0.4) is 0 Å². The van der Waals surface area contributed by atoms with Gasteiger partial charge in [-0.15, -0.1) is 0 Å². The van der Waals surface area contributed by atoms with Gasteiger partial charge in [-0.1, -0.05) is 44.2 Å². The number of nitrogens with zero attached hydrogens (tertiary/aromatic N) is 2. The van der Waals surface area contributed by atoms with Crippen LogP contribution in [0, 0.1) is 5.82 Å². The van der Waals surface area contributed by atoms with Gasteiger partial charge in [-0.25, -0.2) is 12.8 Å². The Labute approximate surface area is 184 Å². The van der Waals surface area contributed by atoms with Crippen LogP contribution in [0.15, 0.2) is 53.4 Å². The number of hydrogen-bond donors (Lipinski definition) is 1. The van der Waals surface area contributed by atoms with E-state index in [-0.39, 0.29) is 16.5 Å². The zero-order chi connectivity index (χ0) is 22.4. The van der Waals surface area contributed by atoms with Gasteiger partial charge in [0, 0.05) is 19.6 Å². The van der Waals surface area contributed by atoms with E-state index in [2.05, 4.69) is 10.2 Å². The van der Waals surface area contributed by atoms with Crippen molar-refractivity contribution in [1.29, 1.82) is 0 Å². The molecule has 8 heteroatoms. The molecule has 1 fully saturated rings. The number of rotatable bonds is 9. The van der Waals surface area contributed by atoms with Crippen molar-refractivity contribution >= 4 is 15.9 Å². The van der Waals surface area contributed by atoms with E-state index in [1.54, 1.807) is 13.8 Å². The lowest BCUT2D eigenvalue weighted by Crippen LogP contribution is -2.37. The van der Waals surface area contributed by atoms with Crippen molar-refractivity contribution in [3.8, 4) is 0 Å². The SMILES string of the molecule is CCN(CC)S(=O)(=O)c1ccc(F)c(C(=O)NCC(c2ccccc2)N2CCCC2)c1. The van der Waals surface area contributed by atoms with E-state index in [1.165, 1.54) is 10.4 Å². The van der Waals surface area contributed by atoms with Crippen LogP contribution in [0.5, 0.6) is 0 Å². The molecule has 1 aliphatic rings. The minimum atomic E-state index is -3.78. The number of hydrogen-bond acceptors (Lipinski definition) is 4. The van der Waals surface area contributed by atoms with E-state index < -0.39 is 21.7 Å². The summed E-state index contributed by atoms with van der Waals surface area (Å²) in [7, 11) is -3.78. The number of amides is 1. The summed E-state index contributed by atoms with van der Waals surface area (Å²) in [6, 6.07) is 13.3. The van der Waals surface area contributed by atoms with Gasteiger partial charge < -0.3 is 5.32 Å². The Balaban J connectivity index is 1.81. The monoisotopic (exact) mass is 447 g/mol. The summed E-state index contributed by atoms with van der Waals surface area (Å²) >= 11 is 0. The lowest BCUT2D eigenvalue weighted by Gasteiger charge is -2.28. The first-order valence-corrected chi connectivity index (χ1v) is 12.2. The summed E-state index contributed by atoms with van der Waals surface area (Å²) in [5.74, 6) is -1.36. The largest absolute Gasteiger partial charge is 0.350 e. The molecule has 0 radical (unpaired) electrons. The third-order valence-electron chi connectivity index (χ3n) is 5.75. The van der Waals surface area contributed by atoms with E-state index >= 15 is 0 Å². The van der Waals surface area contributed by atoms with Crippen molar-refractivity contribution in [2.75, 3.05) is 32.7 Å². The Morgan fingerprint density at radius 3 is 2.35 bits per heavy atom. The normalized spacial score (nSPS) is 15.9. The molecule has 0 aliphatic carbocycles. The van der Waals surface area contributed by atoms with Gasteiger partial charge in [0.05, 0.1) is 16.5 Å². The van der Waals surface area contributed by atoms with Crippen LogP contribution in [0.2, 0.25) is 0 Å². The lowest BCUT2D eigenvalue weighted by molar-refractivity contribution is 0.0933. The molecule has 168 valence electrons. The van der Waals surface area contributed by atoms with Crippen LogP contribution in [-0.2, 0) is 10.0 Å². The third kappa shape index (κ3) is 5.31. The highest BCUT2D eigenvalue weighted by molar-refractivity contribution is 7.89. The topological polar surface area (TPSA) is 69.7 Å². The fraction of sp³-hybridized carbons (Fsp3) is 0.435. The molecule has 2 aromatic carbocycles. The Kier molecular flexibility index (Phi) is 7.80.